The van der Waals surface area contributed by atoms with Crippen molar-refractivity contribution in [3.63, 3.8) is 0 Å². The van der Waals surface area contributed by atoms with Crippen LogP contribution < -0.4 is 5.73 Å². The van der Waals surface area contributed by atoms with Gasteiger partial charge in [0.25, 0.3) is 0 Å². The van der Waals surface area contributed by atoms with E-state index in [4.69, 9.17) is 5.73 Å². The van der Waals surface area contributed by atoms with E-state index in [-0.39, 0.29) is 0 Å². The molecular formula is C11H15N3S. The largest absolute Gasteiger partial charge is 0.397 e. The van der Waals surface area contributed by atoms with Gasteiger partial charge in [0.15, 0.2) is 0 Å². The molecule has 0 aliphatic heterocycles. The Morgan fingerprint density at radius 2 is 2.20 bits per heavy atom. The van der Waals surface area contributed by atoms with E-state index in [9.17, 15) is 0 Å². The average Bonchev–Trinajstić information content (AvgIpc) is 2.64. The molecule has 0 amide bonds. The van der Waals surface area contributed by atoms with Crippen LogP contribution in [0.15, 0.2) is 17.6 Å². The zero-order valence-corrected chi connectivity index (χ0v) is 10.0. The number of nitrogen functional groups attached to an aromatic ring is 1. The first-order valence-corrected chi connectivity index (χ1v) is 5.77. The SMILES string of the molecule is CC(c1c(N)cnc2ccsc12)N(C)C. The normalized spacial score (nSPS) is 13.6. The van der Waals surface area contributed by atoms with E-state index in [1.54, 1.807) is 17.5 Å². The number of rotatable bonds is 2. The van der Waals surface area contributed by atoms with Gasteiger partial charge in [-0.1, -0.05) is 0 Å². The van der Waals surface area contributed by atoms with Crippen LogP contribution in [0.3, 0.4) is 0 Å². The van der Waals surface area contributed by atoms with Crippen molar-refractivity contribution in [2.24, 2.45) is 0 Å². The van der Waals surface area contributed by atoms with Gasteiger partial charge in [-0.3, -0.25) is 4.98 Å². The van der Waals surface area contributed by atoms with Crippen LogP contribution >= 0.6 is 11.3 Å². The predicted molar refractivity (Wildman–Crippen MR) is 66.1 cm³/mol. The second-order valence-corrected chi connectivity index (χ2v) is 4.82. The Balaban J connectivity index is 2.66. The van der Waals surface area contributed by atoms with E-state index in [0.717, 1.165) is 11.2 Å². The first-order valence-electron chi connectivity index (χ1n) is 4.89. The number of nitrogens with two attached hydrogens (primary N) is 1. The summed E-state index contributed by atoms with van der Waals surface area (Å²) >= 11 is 1.70. The van der Waals surface area contributed by atoms with E-state index in [1.807, 2.05) is 6.07 Å². The Labute approximate surface area is 93.5 Å². The van der Waals surface area contributed by atoms with Crippen LogP contribution in [0.25, 0.3) is 10.2 Å². The summed E-state index contributed by atoms with van der Waals surface area (Å²) in [4.78, 5) is 6.47. The van der Waals surface area contributed by atoms with Gasteiger partial charge >= 0.3 is 0 Å². The maximum Gasteiger partial charge on any atom is 0.0814 e. The van der Waals surface area contributed by atoms with E-state index in [0.29, 0.717) is 6.04 Å². The minimum atomic E-state index is 0.314. The molecule has 0 radical (unpaired) electrons. The van der Waals surface area contributed by atoms with Gasteiger partial charge in [-0.05, 0) is 32.5 Å². The van der Waals surface area contributed by atoms with Crippen LogP contribution in [0, 0.1) is 0 Å². The fourth-order valence-electron chi connectivity index (χ4n) is 1.63. The van der Waals surface area contributed by atoms with Gasteiger partial charge in [0.1, 0.15) is 0 Å². The zero-order chi connectivity index (χ0) is 11.0. The molecule has 4 heteroatoms. The summed E-state index contributed by atoms with van der Waals surface area (Å²) in [5.41, 5.74) is 9.02. The van der Waals surface area contributed by atoms with Gasteiger partial charge in [-0.15, -0.1) is 11.3 Å². The molecule has 0 aliphatic rings. The van der Waals surface area contributed by atoms with Crippen molar-refractivity contribution in [1.82, 2.24) is 9.88 Å². The van der Waals surface area contributed by atoms with Gasteiger partial charge in [-0.2, -0.15) is 0 Å². The Kier molecular flexibility index (Phi) is 2.63. The summed E-state index contributed by atoms with van der Waals surface area (Å²) in [6.07, 6.45) is 1.75. The quantitative estimate of drug-likeness (QED) is 0.847. The maximum atomic E-state index is 6.00. The number of fused-ring (bicyclic) bond motifs is 1. The maximum absolute atomic E-state index is 6.00. The third-order valence-corrected chi connectivity index (χ3v) is 3.67. The van der Waals surface area contributed by atoms with Gasteiger partial charge in [-0.25, -0.2) is 0 Å². The molecular weight excluding hydrogens is 206 g/mol. The van der Waals surface area contributed by atoms with E-state index >= 15 is 0 Å². The molecule has 1 atom stereocenters. The Bertz CT molecular complexity index is 476. The molecule has 2 heterocycles. The number of aromatic nitrogens is 1. The number of thiophene rings is 1. The number of nitrogens with zero attached hydrogens (tertiary/aromatic N) is 2. The molecule has 0 saturated heterocycles. The number of pyridine rings is 1. The lowest BCUT2D eigenvalue weighted by Gasteiger charge is -2.22. The van der Waals surface area contributed by atoms with Crippen molar-refractivity contribution in [1.29, 1.82) is 0 Å². The third-order valence-electron chi connectivity index (χ3n) is 2.74. The Morgan fingerprint density at radius 3 is 2.87 bits per heavy atom. The van der Waals surface area contributed by atoms with Crippen molar-refractivity contribution in [3.8, 4) is 0 Å². The van der Waals surface area contributed by atoms with Crippen molar-refractivity contribution in [3.05, 3.63) is 23.2 Å². The van der Waals surface area contributed by atoms with Crippen LogP contribution in [0.4, 0.5) is 5.69 Å². The molecule has 0 aliphatic carbocycles. The van der Waals surface area contributed by atoms with Crippen LogP contribution in [0.2, 0.25) is 0 Å². The molecule has 0 bridgehead atoms. The standard InChI is InChI=1S/C11H15N3S/c1-7(14(2)3)10-8(12)6-13-9-4-5-15-11(9)10/h4-7H,12H2,1-3H3. The van der Waals surface area contributed by atoms with E-state index in [1.165, 1.54) is 10.3 Å². The lowest BCUT2D eigenvalue weighted by atomic mass is 10.1. The summed E-state index contributed by atoms with van der Waals surface area (Å²) < 4.78 is 1.20. The molecule has 0 aromatic carbocycles. The van der Waals surface area contributed by atoms with Crippen molar-refractivity contribution in [2.45, 2.75) is 13.0 Å². The monoisotopic (exact) mass is 221 g/mol. The van der Waals surface area contributed by atoms with Crippen molar-refractivity contribution >= 4 is 27.2 Å². The molecule has 2 rings (SSSR count). The first-order chi connectivity index (χ1) is 7.11. The summed E-state index contributed by atoms with van der Waals surface area (Å²) in [6, 6.07) is 2.35. The molecule has 3 nitrogen and oxygen atoms in total. The highest BCUT2D eigenvalue weighted by Gasteiger charge is 2.16. The number of hydrogen-bond acceptors (Lipinski definition) is 4. The molecule has 0 saturated carbocycles. The molecule has 2 N–H and O–H groups in total. The molecule has 80 valence electrons. The summed E-state index contributed by atoms with van der Waals surface area (Å²) in [6.45, 7) is 2.16. The Morgan fingerprint density at radius 1 is 1.47 bits per heavy atom. The third kappa shape index (κ3) is 1.70. The van der Waals surface area contributed by atoms with Gasteiger partial charge in [0.2, 0.25) is 0 Å². The van der Waals surface area contributed by atoms with Crippen molar-refractivity contribution in [2.75, 3.05) is 19.8 Å². The minimum Gasteiger partial charge on any atom is -0.397 e. The number of hydrogen-bond donors (Lipinski definition) is 1. The summed E-state index contributed by atoms with van der Waals surface area (Å²) in [5.74, 6) is 0. The molecule has 2 aromatic heterocycles. The van der Waals surface area contributed by atoms with Crippen LogP contribution in [-0.2, 0) is 0 Å². The Hall–Kier alpha value is -1.13. The highest BCUT2D eigenvalue weighted by Crippen LogP contribution is 2.33. The smallest absolute Gasteiger partial charge is 0.0814 e. The topological polar surface area (TPSA) is 42.1 Å². The first kappa shape index (κ1) is 10.4. The predicted octanol–water partition coefficient (Wildman–Crippen LogP) is 2.50. The molecule has 2 aromatic rings. The second kappa shape index (κ2) is 3.79. The number of anilines is 1. The van der Waals surface area contributed by atoms with Crippen LogP contribution in [0.5, 0.6) is 0 Å². The average molecular weight is 221 g/mol. The molecule has 15 heavy (non-hydrogen) atoms. The highest BCUT2D eigenvalue weighted by atomic mass is 32.1. The molecule has 1 unspecified atom stereocenters. The van der Waals surface area contributed by atoms with Gasteiger partial charge in [0.05, 0.1) is 22.1 Å². The van der Waals surface area contributed by atoms with Crippen molar-refractivity contribution < 1.29 is 0 Å². The minimum absolute atomic E-state index is 0.314. The van der Waals surface area contributed by atoms with Crippen LogP contribution in [-0.4, -0.2) is 24.0 Å². The lowest BCUT2D eigenvalue weighted by molar-refractivity contribution is 0.324. The lowest BCUT2D eigenvalue weighted by Crippen LogP contribution is -2.18. The van der Waals surface area contributed by atoms with E-state index in [2.05, 4.69) is 36.3 Å². The zero-order valence-electron chi connectivity index (χ0n) is 9.19. The summed E-state index contributed by atoms with van der Waals surface area (Å²) in [7, 11) is 4.12. The highest BCUT2D eigenvalue weighted by molar-refractivity contribution is 7.17. The van der Waals surface area contributed by atoms with E-state index < -0.39 is 0 Å². The second-order valence-electron chi connectivity index (χ2n) is 3.90. The fraction of sp³-hybridized carbons (Fsp3) is 0.364. The van der Waals surface area contributed by atoms with Gasteiger partial charge < -0.3 is 10.6 Å². The van der Waals surface area contributed by atoms with Gasteiger partial charge in [0, 0.05) is 11.6 Å². The fourth-order valence-corrected chi connectivity index (χ4v) is 2.62. The molecule has 0 fully saturated rings. The van der Waals surface area contributed by atoms with Crippen LogP contribution in [0.1, 0.15) is 18.5 Å². The summed E-state index contributed by atoms with van der Waals surface area (Å²) in [5, 5.41) is 2.06. The molecule has 0 spiro atoms.